The predicted molar refractivity (Wildman–Crippen MR) is 61.3 cm³/mol. The second kappa shape index (κ2) is 9.43. The Labute approximate surface area is 90.9 Å². The number of carbonyl (C=O) groups excluding carboxylic acids is 1. The number of aliphatic hydroxyl groups excluding tert-OH is 1. The van der Waals surface area contributed by atoms with Gasteiger partial charge in [0.15, 0.2) is 0 Å². The summed E-state index contributed by atoms with van der Waals surface area (Å²) in [6, 6.07) is 0. The number of rotatable bonds is 7. The fraction of sp³-hybridized carbons (Fsp3) is 0.545. The van der Waals surface area contributed by atoms with Gasteiger partial charge in [-0.3, -0.25) is 4.79 Å². The van der Waals surface area contributed by atoms with E-state index in [0.29, 0.717) is 25.9 Å². The van der Waals surface area contributed by atoms with E-state index in [9.17, 15) is 4.79 Å². The van der Waals surface area contributed by atoms with Gasteiger partial charge in [-0.2, -0.15) is 0 Å². The lowest BCUT2D eigenvalue weighted by Crippen LogP contribution is -2.24. The molecular weight excluding hydrogens is 192 g/mol. The molecule has 0 aromatic carbocycles. The highest BCUT2D eigenvalue weighted by molar-refractivity contribution is 5.79. The number of carbonyl (C=O) groups is 1. The van der Waals surface area contributed by atoms with Gasteiger partial charge in [-0.05, 0) is 18.9 Å². The maximum atomic E-state index is 11.4. The van der Waals surface area contributed by atoms with Crippen LogP contribution < -0.4 is 11.1 Å². The molecule has 0 bridgehead atoms. The summed E-state index contributed by atoms with van der Waals surface area (Å²) in [6.45, 7) is 2.98. The molecule has 0 aliphatic carbocycles. The van der Waals surface area contributed by atoms with Crippen molar-refractivity contribution in [1.82, 2.24) is 5.32 Å². The van der Waals surface area contributed by atoms with Gasteiger partial charge in [0.1, 0.15) is 0 Å². The fourth-order valence-corrected chi connectivity index (χ4v) is 1.03. The molecule has 4 N–H and O–H groups in total. The molecule has 0 aliphatic heterocycles. The Balaban J connectivity index is 3.87. The molecule has 0 saturated heterocycles. The minimum atomic E-state index is -0.0294. The Morgan fingerprint density at radius 1 is 1.53 bits per heavy atom. The van der Waals surface area contributed by atoms with E-state index in [2.05, 4.69) is 5.32 Å². The van der Waals surface area contributed by atoms with Crippen LogP contribution in [-0.2, 0) is 4.79 Å². The van der Waals surface area contributed by atoms with Gasteiger partial charge < -0.3 is 16.2 Å². The van der Waals surface area contributed by atoms with Gasteiger partial charge in [0, 0.05) is 19.7 Å². The minimum Gasteiger partial charge on any atom is -0.396 e. The minimum absolute atomic E-state index is 0.0294. The van der Waals surface area contributed by atoms with E-state index >= 15 is 0 Å². The molecule has 4 heteroatoms. The van der Waals surface area contributed by atoms with Crippen LogP contribution in [-0.4, -0.2) is 30.7 Å². The molecule has 0 aromatic rings. The molecule has 0 saturated carbocycles. The maximum absolute atomic E-state index is 11.4. The molecule has 1 amide bonds. The first-order chi connectivity index (χ1) is 7.24. The van der Waals surface area contributed by atoms with Crippen LogP contribution in [0.4, 0.5) is 0 Å². The zero-order chi connectivity index (χ0) is 11.5. The molecule has 0 heterocycles. The van der Waals surface area contributed by atoms with E-state index in [-0.39, 0.29) is 12.5 Å². The van der Waals surface area contributed by atoms with Gasteiger partial charge in [-0.25, -0.2) is 0 Å². The van der Waals surface area contributed by atoms with Gasteiger partial charge in [-0.1, -0.05) is 18.2 Å². The van der Waals surface area contributed by atoms with Crippen molar-refractivity contribution in [3.8, 4) is 0 Å². The summed E-state index contributed by atoms with van der Waals surface area (Å²) in [5.41, 5.74) is 6.26. The Morgan fingerprint density at radius 2 is 2.27 bits per heavy atom. The lowest BCUT2D eigenvalue weighted by Gasteiger charge is -2.04. The van der Waals surface area contributed by atoms with Crippen molar-refractivity contribution >= 4 is 5.91 Å². The standard InChI is InChI=1S/C11H20N2O2/c1-2-10(5-3-6-12)9-11(15)13-7-4-8-14/h2-3,5,14H,4,6-9,12H2,1H3,(H,13,15)/b5-3-,10-2+. The summed E-state index contributed by atoms with van der Waals surface area (Å²) < 4.78 is 0. The van der Waals surface area contributed by atoms with Crippen molar-refractivity contribution in [3.05, 3.63) is 23.8 Å². The van der Waals surface area contributed by atoms with Crippen molar-refractivity contribution in [2.24, 2.45) is 5.73 Å². The monoisotopic (exact) mass is 212 g/mol. The molecular formula is C11H20N2O2. The van der Waals surface area contributed by atoms with Crippen LogP contribution in [0.15, 0.2) is 23.8 Å². The van der Waals surface area contributed by atoms with Crippen LogP contribution in [0, 0.1) is 0 Å². The van der Waals surface area contributed by atoms with E-state index in [1.54, 1.807) is 0 Å². The van der Waals surface area contributed by atoms with Gasteiger partial charge in [0.2, 0.25) is 5.91 Å². The van der Waals surface area contributed by atoms with Crippen LogP contribution in [0.1, 0.15) is 19.8 Å². The third-order valence-corrected chi connectivity index (χ3v) is 1.86. The SMILES string of the molecule is C/C=C(\C=C/CN)CC(=O)NCCCO. The zero-order valence-corrected chi connectivity index (χ0v) is 9.20. The van der Waals surface area contributed by atoms with Gasteiger partial charge >= 0.3 is 0 Å². The van der Waals surface area contributed by atoms with Crippen LogP contribution in [0.25, 0.3) is 0 Å². The number of nitrogens with two attached hydrogens (primary N) is 1. The fourth-order valence-electron chi connectivity index (χ4n) is 1.03. The second-order valence-electron chi connectivity index (χ2n) is 3.11. The number of nitrogens with one attached hydrogen (secondary N) is 1. The van der Waals surface area contributed by atoms with Crippen molar-refractivity contribution < 1.29 is 9.90 Å². The molecule has 0 radical (unpaired) electrons. The first-order valence-electron chi connectivity index (χ1n) is 5.14. The Hall–Kier alpha value is -1.13. The van der Waals surface area contributed by atoms with Gasteiger partial charge in [-0.15, -0.1) is 0 Å². The highest BCUT2D eigenvalue weighted by Crippen LogP contribution is 2.02. The zero-order valence-electron chi connectivity index (χ0n) is 9.20. The van der Waals surface area contributed by atoms with Crippen LogP contribution in [0.2, 0.25) is 0 Å². The van der Waals surface area contributed by atoms with E-state index in [0.717, 1.165) is 5.57 Å². The first kappa shape index (κ1) is 13.9. The molecule has 15 heavy (non-hydrogen) atoms. The van der Waals surface area contributed by atoms with Crippen LogP contribution in [0.3, 0.4) is 0 Å². The largest absolute Gasteiger partial charge is 0.396 e. The highest BCUT2D eigenvalue weighted by Gasteiger charge is 2.01. The lowest BCUT2D eigenvalue weighted by atomic mass is 10.1. The average molecular weight is 212 g/mol. The molecule has 0 rings (SSSR count). The topological polar surface area (TPSA) is 75.4 Å². The third kappa shape index (κ3) is 7.90. The Kier molecular flexibility index (Phi) is 8.72. The molecule has 0 aliphatic rings. The smallest absolute Gasteiger partial charge is 0.224 e. The summed E-state index contributed by atoms with van der Waals surface area (Å²) in [6.07, 6.45) is 6.51. The van der Waals surface area contributed by atoms with Crippen LogP contribution >= 0.6 is 0 Å². The molecule has 0 atom stereocenters. The average Bonchev–Trinajstić information content (AvgIpc) is 2.24. The Bertz CT molecular complexity index is 235. The molecule has 0 aromatic heterocycles. The number of aliphatic hydroxyl groups is 1. The lowest BCUT2D eigenvalue weighted by molar-refractivity contribution is -0.120. The van der Waals surface area contributed by atoms with Crippen molar-refractivity contribution in [2.45, 2.75) is 19.8 Å². The number of amides is 1. The molecule has 0 unspecified atom stereocenters. The number of hydrogen-bond acceptors (Lipinski definition) is 3. The van der Waals surface area contributed by atoms with Crippen molar-refractivity contribution in [3.63, 3.8) is 0 Å². The molecule has 4 nitrogen and oxygen atoms in total. The third-order valence-electron chi connectivity index (χ3n) is 1.86. The number of hydrogen-bond donors (Lipinski definition) is 3. The molecule has 0 spiro atoms. The number of allylic oxidation sites excluding steroid dienone is 2. The normalized spacial score (nSPS) is 12.1. The molecule has 0 fully saturated rings. The summed E-state index contributed by atoms with van der Waals surface area (Å²) >= 11 is 0. The Morgan fingerprint density at radius 3 is 2.80 bits per heavy atom. The van der Waals surface area contributed by atoms with E-state index < -0.39 is 0 Å². The summed E-state index contributed by atoms with van der Waals surface area (Å²) in [5.74, 6) is -0.0294. The highest BCUT2D eigenvalue weighted by atomic mass is 16.3. The van der Waals surface area contributed by atoms with E-state index in [4.69, 9.17) is 10.8 Å². The van der Waals surface area contributed by atoms with Gasteiger partial charge in [0.25, 0.3) is 0 Å². The van der Waals surface area contributed by atoms with Crippen molar-refractivity contribution in [2.75, 3.05) is 19.7 Å². The van der Waals surface area contributed by atoms with E-state index in [1.165, 1.54) is 0 Å². The maximum Gasteiger partial charge on any atom is 0.224 e. The summed E-state index contributed by atoms with van der Waals surface area (Å²) in [7, 11) is 0. The first-order valence-corrected chi connectivity index (χ1v) is 5.14. The van der Waals surface area contributed by atoms with Gasteiger partial charge in [0.05, 0.1) is 6.42 Å². The summed E-state index contributed by atoms with van der Waals surface area (Å²) in [5, 5.41) is 11.3. The predicted octanol–water partition coefficient (Wildman–Crippen LogP) is 0.336. The second-order valence-corrected chi connectivity index (χ2v) is 3.11. The summed E-state index contributed by atoms with van der Waals surface area (Å²) in [4.78, 5) is 11.4. The molecule has 86 valence electrons. The van der Waals surface area contributed by atoms with Crippen molar-refractivity contribution in [1.29, 1.82) is 0 Å². The quantitative estimate of drug-likeness (QED) is 0.420. The van der Waals surface area contributed by atoms with E-state index in [1.807, 2.05) is 25.2 Å². The van der Waals surface area contributed by atoms with Crippen LogP contribution in [0.5, 0.6) is 0 Å².